The summed E-state index contributed by atoms with van der Waals surface area (Å²) in [5, 5.41) is 2.43. The van der Waals surface area contributed by atoms with Crippen molar-refractivity contribution in [3.63, 3.8) is 0 Å². The lowest BCUT2D eigenvalue weighted by Gasteiger charge is -2.12. The molecule has 0 aromatic heterocycles. The normalized spacial score (nSPS) is 11.7. The van der Waals surface area contributed by atoms with Gasteiger partial charge in [-0.2, -0.15) is 0 Å². The second kappa shape index (κ2) is 8.08. The highest BCUT2D eigenvalue weighted by atomic mass is 16.6. The molecule has 0 bridgehead atoms. The van der Waals surface area contributed by atoms with Crippen LogP contribution in [0.2, 0.25) is 0 Å². The first kappa shape index (κ1) is 13.7. The summed E-state index contributed by atoms with van der Waals surface area (Å²) in [5.74, 6) is -0.505. The fourth-order valence-electron chi connectivity index (χ4n) is 0.829. The number of unbranched alkanes of at least 4 members (excludes halogenated alkanes) is 1. The lowest BCUT2D eigenvalue weighted by atomic mass is 10.3. The Kier molecular flexibility index (Phi) is 7.40. The van der Waals surface area contributed by atoms with E-state index in [0.717, 1.165) is 12.8 Å². The number of hydrogen-bond acceptors (Lipinski definition) is 4. The van der Waals surface area contributed by atoms with Gasteiger partial charge in [0.2, 0.25) is 0 Å². The van der Waals surface area contributed by atoms with Crippen molar-refractivity contribution in [3.8, 4) is 0 Å². The van der Waals surface area contributed by atoms with Crippen molar-refractivity contribution in [2.45, 2.75) is 39.7 Å². The molecule has 0 rings (SSSR count). The van der Waals surface area contributed by atoms with Crippen molar-refractivity contribution in [3.05, 3.63) is 0 Å². The molecule has 88 valence electrons. The minimum Gasteiger partial charge on any atom is -0.463 e. The highest BCUT2D eigenvalue weighted by Crippen LogP contribution is 1.97. The highest BCUT2D eigenvalue weighted by molar-refractivity contribution is 5.78. The van der Waals surface area contributed by atoms with Gasteiger partial charge in [-0.15, -0.1) is 0 Å². The van der Waals surface area contributed by atoms with E-state index in [0.29, 0.717) is 13.2 Å². The summed E-state index contributed by atoms with van der Waals surface area (Å²) >= 11 is 0. The molecule has 0 spiro atoms. The molecule has 0 aromatic rings. The molecule has 15 heavy (non-hydrogen) atoms. The number of hydrogen-bond donors (Lipinski definition) is 1. The number of carbonyl (C=O) groups excluding carboxylic acids is 2. The average molecular weight is 217 g/mol. The van der Waals surface area contributed by atoms with Gasteiger partial charge in [-0.1, -0.05) is 13.3 Å². The topological polar surface area (TPSA) is 64.6 Å². The first-order chi connectivity index (χ1) is 7.11. The van der Waals surface area contributed by atoms with Crippen LogP contribution in [0.5, 0.6) is 0 Å². The SMILES string of the molecule is CCCCOC(=O)[C@@H](C)OC(=O)NCC. The maximum Gasteiger partial charge on any atom is 0.407 e. The van der Waals surface area contributed by atoms with E-state index in [1.54, 1.807) is 6.92 Å². The van der Waals surface area contributed by atoms with Crippen LogP contribution < -0.4 is 5.32 Å². The van der Waals surface area contributed by atoms with Gasteiger partial charge in [0.25, 0.3) is 0 Å². The van der Waals surface area contributed by atoms with Crippen molar-refractivity contribution < 1.29 is 19.1 Å². The van der Waals surface area contributed by atoms with Crippen LogP contribution in [0.1, 0.15) is 33.6 Å². The minimum absolute atomic E-state index is 0.373. The molecule has 0 aliphatic rings. The Balaban J connectivity index is 3.73. The zero-order valence-corrected chi connectivity index (χ0v) is 9.54. The van der Waals surface area contributed by atoms with Crippen molar-refractivity contribution in [1.29, 1.82) is 0 Å². The van der Waals surface area contributed by atoms with E-state index in [9.17, 15) is 9.59 Å². The molecule has 0 fully saturated rings. The van der Waals surface area contributed by atoms with E-state index in [4.69, 9.17) is 9.47 Å². The maximum atomic E-state index is 11.2. The van der Waals surface area contributed by atoms with Gasteiger partial charge in [0, 0.05) is 6.54 Å². The zero-order chi connectivity index (χ0) is 11.7. The first-order valence-electron chi connectivity index (χ1n) is 5.22. The third kappa shape index (κ3) is 6.76. The van der Waals surface area contributed by atoms with Gasteiger partial charge in [-0.25, -0.2) is 9.59 Å². The van der Waals surface area contributed by atoms with Gasteiger partial charge in [0.15, 0.2) is 6.10 Å². The third-order valence-corrected chi connectivity index (χ3v) is 1.68. The van der Waals surface area contributed by atoms with Crippen LogP contribution in [-0.4, -0.2) is 31.3 Å². The van der Waals surface area contributed by atoms with E-state index < -0.39 is 18.2 Å². The van der Waals surface area contributed by atoms with Gasteiger partial charge in [-0.3, -0.25) is 0 Å². The summed E-state index contributed by atoms with van der Waals surface area (Å²) in [6, 6.07) is 0. The smallest absolute Gasteiger partial charge is 0.407 e. The summed E-state index contributed by atoms with van der Waals surface area (Å²) < 4.78 is 9.64. The number of rotatable bonds is 6. The van der Waals surface area contributed by atoms with E-state index in [2.05, 4.69) is 5.32 Å². The van der Waals surface area contributed by atoms with Crippen LogP contribution in [0.4, 0.5) is 4.79 Å². The van der Waals surface area contributed by atoms with Crippen molar-refractivity contribution >= 4 is 12.1 Å². The van der Waals surface area contributed by atoms with E-state index in [1.807, 2.05) is 6.92 Å². The molecule has 1 amide bonds. The lowest BCUT2D eigenvalue weighted by molar-refractivity contribution is -0.152. The number of amides is 1. The Labute approximate surface area is 90.1 Å². The molecule has 0 aliphatic heterocycles. The molecular weight excluding hydrogens is 198 g/mol. The number of alkyl carbamates (subject to hydrolysis) is 1. The van der Waals surface area contributed by atoms with Crippen LogP contribution >= 0.6 is 0 Å². The van der Waals surface area contributed by atoms with Crippen molar-refractivity contribution in [2.75, 3.05) is 13.2 Å². The Bertz CT molecular complexity index is 206. The number of nitrogens with one attached hydrogen (secondary N) is 1. The lowest BCUT2D eigenvalue weighted by Crippen LogP contribution is -2.32. The zero-order valence-electron chi connectivity index (χ0n) is 9.54. The summed E-state index contributed by atoms with van der Waals surface area (Å²) in [6.45, 7) is 6.10. The number of esters is 1. The van der Waals surface area contributed by atoms with Gasteiger partial charge >= 0.3 is 12.1 Å². The molecule has 0 unspecified atom stereocenters. The molecule has 1 N–H and O–H groups in total. The molecule has 5 nitrogen and oxygen atoms in total. The largest absolute Gasteiger partial charge is 0.463 e. The molecule has 0 heterocycles. The quantitative estimate of drug-likeness (QED) is 0.540. The highest BCUT2D eigenvalue weighted by Gasteiger charge is 2.18. The van der Waals surface area contributed by atoms with Gasteiger partial charge in [-0.05, 0) is 20.3 Å². The predicted molar refractivity (Wildman–Crippen MR) is 55.5 cm³/mol. The fraction of sp³-hybridized carbons (Fsp3) is 0.800. The van der Waals surface area contributed by atoms with Crippen LogP contribution in [0, 0.1) is 0 Å². The second-order valence-corrected chi connectivity index (χ2v) is 3.10. The van der Waals surface area contributed by atoms with Crippen molar-refractivity contribution in [2.24, 2.45) is 0 Å². The predicted octanol–water partition coefficient (Wildman–Crippen LogP) is 1.46. The van der Waals surface area contributed by atoms with Crippen LogP contribution in [-0.2, 0) is 14.3 Å². The van der Waals surface area contributed by atoms with E-state index in [1.165, 1.54) is 6.92 Å². The van der Waals surface area contributed by atoms with Crippen LogP contribution in [0.15, 0.2) is 0 Å². The first-order valence-corrected chi connectivity index (χ1v) is 5.22. The number of ether oxygens (including phenoxy) is 2. The fourth-order valence-corrected chi connectivity index (χ4v) is 0.829. The standard InChI is InChI=1S/C10H19NO4/c1-4-6-7-14-9(12)8(3)15-10(13)11-5-2/h8H,4-7H2,1-3H3,(H,11,13)/t8-/m1/s1. The van der Waals surface area contributed by atoms with Gasteiger partial charge in [0.1, 0.15) is 0 Å². The van der Waals surface area contributed by atoms with Gasteiger partial charge in [0.05, 0.1) is 6.61 Å². The Morgan fingerprint density at radius 3 is 2.53 bits per heavy atom. The van der Waals surface area contributed by atoms with E-state index in [-0.39, 0.29) is 0 Å². The summed E-state index contributed by atoms with van der Waals surface area (Å²) in [6.07, 6.45) is 0.323. The van der Waals surface area contributed by atoms with Crippen LogP contribution in [0.25, 0.3) is 0 Å². The molecule has 1 atom stereocenters. The summed E-state index contributed by atoms with van der Waals surface area (Å²) in [5.41, 5.74) is 0. The Morgan fingerprint density at radius 1 is 1.33 bits per heavy atom. The minimum atomic E-state index is -0.853. The van der Waals surface area contributed by atoms with Crippen molar-refractivity contribution in [1.82, 2.24) is 5.32 Å². The molecule has 0 radical (unpaired) electrons. The Morgan fingerprint density at radius 2 is 2.00 bits per heavy atom. The Hall–Kier alpha value is -1.26. The molecule has 0 aliphatic carbocycles. The molecule has 5 heteroatoms. The second-order valence-electron chi connectivity index (χ2n) is 3.10. The molecule has 0 saturated heterocycles. The van der Waals surface area contributed by atoms with E-state index >= 15 is 0 Å². The maximum absolute atomic E-state index is 11.2. The summed E-state index contributed by atoms with van der Waals surface area (Å²) in [7, 11) is 0. The van der Waals surface area contributed by atoms with Gasteiger partial charge < -0.3 is 14.8 Å². The summed E-state index contributed by atoms with van der Waals surface area (Å²) in [4.78, 5) is 22.2. The average Bonchev–Trinajstić information content (AvgIpc) is 2.18. The number of carbonyl (C=O) groups is 2. The molecule has 0 aromatic carbocycles. The third-order valence-electron chi connectivity index (χ3n) is 1.68. The monoisotopic (exact) mass is 217 g/mol. The van der Waals surface area contributed by atoms with Crippen LogP contribution in [0.3, 0.4) is 0 Å². The molecular formula is C10H19NO4. The molecule has 0 saturated carbocycles.